The van der Waals surface area contributed by atoms with Crippen LogP contribution in [0.1, 0.15) is 22.3 Å². The molecule has 0 spiro atoms. The Balaban J connectivity index is 2.13. The molecule has 1 aromatic heterocycles. The second kappa shape index (κ2) is 6.70. The topological polar surface area (TPSA) is 41.6 Å². The monoisotopic (exact) mass is 335 g/mol. The van der Waals surface area contributed by atoms with E-state index < -0.39 is 5.54 Å². The van der Waals surface area contributed by atoms with Crippen LogP contribution < -0.4 is 0 Å². The minimum absolute atomic E-state index is 0.605. The normalized spacial score (nSPS) is 11.0. The van der Waals surface area contributed by atoms with E-state index >= 15 is 0 Å². The Morgan fingerprint density at radius 3 is 1.92 bits per heavy atom. The Labute approximate surface area is 152 Å². The van der Waals surface area contributed by atoms with Gasteiger partial charge in [-0.25, -0.2) is 4.98 Å². The first-order chi connectivity index (χ1) is 12.9. The number of hydrogen-bond donors (Lipinski definition) is 0. The zero-order valence-corrected chi connectivity index (χ0v) is 14.2. The first-order valence-electron chi connectivity index (χ1n) is 8.46. The molecule has 0 fully saturated rings. The molecule has 0 saturated carbocycles. The van der Waals surface area contributed by atoms with Crippen molar-refractivity contribution < 1.29 is 0 Å². The van der Waals surface area contributed by atoms with Crippen molar-refractivity contribution >= 4 is 0 Å². The fraction of sp³-hybridized carbons (Fsp3) is 0.0435. The van der Waals surface area contributed by atoms with Crippen molar-refractivity contribution in [1.29, 1.82) is 5.26 Å². The van der Waals surface area contributed by atoms with Gasteiger partial charge in [0.2, 0.25) is 0 Å². The third-order valence-electron chi connectivity index (χ3n) is 4.68. The Bertz CT molecular complexity index is 990. The Morgan fingerprint density at radius 2 is 1.38 bits per heavy atom. The minimum atomic E-state index is -0.605. The second-order valence-electron chi connectivity index (χ2n) is 6.11. The van der Waals surface area contributed by atoms with E-state index in [1.54, 1.807) is 6.20 Å². The molecule has 4 aromatic rings. The third-order valence-corrected chi connectivity index (χ3v) is 4.68. The molecule has 0 saturated heterocycles. The molecule has 0 unspecified atom stereocenters. The van der Waals surface area contributed by atoms with E-state index in [4.69, 9.17) is 0 Å². The van der Waals surface area contributed by atoms with Crippen molar-refractivity contribution in [2.24, 2.45) is 0 Å². The first-order valence-corrected chi connectivity index (χ1v) is 8.46. The molecule has 0 atom stereocenters. The van der Waals surface area contributed by atoms with E-state index in [0.717, 1.165) is 16.7 Å². The summed E-state index contributed by atoms with van der Waals surface area (Å²) in [6.45, 7) is 0. The van der Waals surface area contributed by atoms with E-state index in [2.05, 4.69) is 46.0 Å². The molecular formula is C23H17N3. The summed E-state index contributed by atoms with van der Waals surface area (Å²) >= 11 is 0. The van der Waals surface area contributed by atoms with Crippen molar-refractivity contribution in [3.63, 3.8) is 0 Å². The van der Waals surface area contributed by atoms with E-state index in [9.17, 15) is 5.26 Å². The van der Waals surface area contributed by atoms with Gasteiger partial charge in [0.15, 0.2) is 0 Å². The van der Waals surface area contributed by atoms with Gasteiger partial charge in [0, 0.05) is 12.4 Å². The van der Waals surface area contributed by atoms with Crippen LogP contribution in [0.2, 0.25) is 0 Å². The van der Waals surface area contributed by atoms with Crippen LogP contribution in [0.5, 0.6) is 0 Å². The van der Waals surface area contributed by atoms with Crippen LogP contribution in [-0.4, -0.2) is 9.55 Å². The molecular weight excluding hydrogens is 318 g/mol. The first kappa shape index (κ1) is 15.9. The molecule has 0 aliphatic rings. The van der Waals surface area contributed by atoms with E-state index in [-0.39, 0.29) is 0 Å². The minimum Gasteiger partial charge on any atom is -0.319 e. The van der Waals surface area contributed by atoms with Crippen LogP contribution in [0.15, 0.2) is 104 Å². The summed E-state index contributed by atoms with van der Waals surface area (Å²) in [6, 6.07) is 30.7. The average molecular weight is 335 g/mol. The molecule has 4 rings (SSSR count). The maximum absolute atomic E-state index is 9.43. The van der Waals surface area contributed by atoms with E-state index in [1.165, 1.54) is 0 Å². The quantitative estimate of drug-likeness (QED) is 0.512. The zero-order chi connectivity index (χ0) is 17.8. The zero-order valence-electron chi connectivity index (χ0n) is 14.2. The van der Waals surface area contributed by atoms with Crippen LogP contribution in [0.25, 0.3) is 0 Å². The number of nitrogens with zero attached hydrogens (tertiary/aromatic N) is 3. The molecule has 0 aliphatic heterocycles. The Morgan fingerprint density at radius 1 is 0.769 bits per heavy atom. The highest BCUT2D eigenvalue weighted by Gasteiger charge is 2.38. The van der Waals surface area contributed by atoms with Crippen molar-refractivity contribution in [3.05, 3.63) is 126 Å². The average Bonchev–Trinajstić information content (AvgIpc) is 3.25. The van der Waals surface area contributed by atoms with Crippen LogP contribution in [0.3, 0.4) is 0 Å². The van der Waals surface area contributed by atoms with Gasteiger partial charge < -0.3 is 4.57 Å². The van der Waals surface area contributed by atoms with Crippen molar-refractivity contribution in [3.8, 4) is 6.07 Å². The van der Waals surface area contributed by atoms with Gasteiger partial charge in [0.05, 0.1) is 18.0 Å². The largest absolute Gasteiger partial charge is 0.319 e. The van der Waals surface area contributed by atoms with Crippen molar-refractivity contribution in [2.75, 3.05) is 0 Å². The van der Waals surface area contributed by atoms with Crippen LogP contribution in [0, 0.1) is 11.3 Å². The molecule has 0 aliphatic carbocycles. The molecule has 1 heterocycles. The van der Waals surface area contributed by atoms with E-state index in [0.29, 0.717) is 5.56 Å². The van der Waals surface area contributed by atoms with Gasteiger partial charge in [0.1, 0.15) is 5.54 Å². The molecule has 124 valence electrons. The van der Waals surface area contributed by atoms with Gasteiger partial charge in [-0.3, -0.25) is 0 Å². The number of hydrogen-bond acceptors (Lipinski definition) is 2. The molecule has 3 aromatic carbocycles. The molecule has 0 amide bonds. The third kappa shape index (κ3) is 2.49. The SMILES string of the molecule is N#Cc1cccc(C(c2ccccc2)(c2ccccc2)n2ccnc2)c1. The van der Waals surface area contributed by atoms with Crippen LogP contribution in [0.4, 0.5) is 0 Å². The van der Waals surface area contributed by atoms with Gasteiger partial charge in [0.25, 0.3) is 0 Å². The lowest BCUT2D eigenvalue weighted by atomic mass is 9.76. The van der Waals surface area contributed by atoms with E-state index in [1.807, 2.05) is 67.1 Å². The van der Waals surface area contributed by atoms with Crippen LogP contribution in [-0.2, 0) is 5.54 Å². The lowest BCUT2D eigenvalue weighted by Crippen LogP contribution is -2.37. The van der Waals surface area contributed by atoms with Gasteiger partial charge >= 0.3 is 0 Å². The van der Waals surface area contributed by atoms with Crippen molar-refractivity contribution in [1.82, 2.24) is 9.55 Å². The second-order valence-corrected chi connectivity index (χ2v) is 6.11. The summed E-state index contributed by atoms with van der Waals surface area (Å²) in [5.41, 5.74) is 3.27. The lowest BCUT2D eigenvalue weighted by Gasteiger charge is -2.37. The van der Waals surface area contributed by atoms with Gasteiger partial charge in [-0.1, -0.05) is 72.8 Å². The fourth-order valence-electron chi connectivity index (χ4n) is 3.58. The number of aromatic nitrogens is 2. The summed E-state index contributed by atoms with van der Waals surface area (Å²) in [5.74, 6) is 0. The molecule has 0 bridgehead atoms. The number of benzene rings is 3. The number of nitriles is 1. The summed E-state index contributed by atoms with van der Waals surface area (Å²) in [5, 5.41) is 9.43. The summed E-state index contributed by atoms with van der Waals surface area (Å²) < 4.78 is 2.11. The maximum atomic E-state index is 9.43. The summed E-state index contributed by atoms with van der Waals surface area (Å²) in [6.07, 6.45) is 5.59. The number of rotatable bonds is 4. The molecule has 3 nitrogen and oxygen atoms in total. The highest BCUT2D eigenvalue weighted by molar-refractivity contribution is 5.52. The number of imidazole rings is 1. The highest BCUT2D eigenvalue weighted by Crippen LogP contribution is 2.40. The molecule has 0 N–H and O–H groups in total. The Hall–Kier alpha value is -3.64. The Kier molecular flexibility index (Phi) is 4.09. The van der Waals surface area contributed by atoms with Gasteiger partial charge in [-0.2, -0.15) is 5.26 Å². The van der Waals surface area contributed by atoms with Gasteiger partial charge in [-0.15, -0.1) is 0 Å². The molecule has 3 heteroatoms. The standard InChI is InChI=1S/C23H17N3/c24-17-19-8-7-13-22(16-19)23(26-15-14-25-18-26,20-9-3-1-4-10-20)21-11-5-2-6-12-21/h1-16,18H. The predicted molar refractivity (Wildman–Crippen MR) is 102 cm³/mol. The fourth-order valence-corrected chi connectivity index (χ4v) is 3.58. The molecule has 26 heavy (non-hydrogen) atoms. The predicted octanol–water partition coefficient (Wildman–Crippen LogP) is 4.59. The van der Waals surface area contributed by atoms with Crippen molar-refractivity contribution in [2.45, 2.75) is 5.54 Å². The summed E-state index contributed by atoms with van der Waals surface area (Å²) in [7, 11) is 0. The highest BCUT2D eigenvalue weighted by atomic mass is 15.1. The van der Waals surface area contributed by atoms with Crippen LogP contribution >= 0.6 is 0 Å². The molecule has 0 radical (unpaired) electrons. The maximum Gasteiger partial charge on any atom is 0.121 e. The van der Waals surface area contributed by atoms with Gasteiger partial charge in [-0.05, 0) is 28.8 Å². The smallest absolute Gasteiger partial charge is 0.121 e. The lowest BCUT2D eigenvalue weighted by molar-refractivity contribution is 0.514. The summed E-state index contributed by atoms with van der Waals surface area (Å²) in [4.78, 5) is 4.31.